The fraction of sp³-hybridized carbons (Fsp3) is 0.667. The van der Waals surface area contributed by atoms with E-state index in [0.29, 0.717) is 0 Å². The molecule has 0 aliphatic carbocycles. The van der Waals surface area contributed by atoms with E-state index in [2.05, 4.69) is 21.8 Å². The lowest BCUT2D eigenvalue weighted by Crippen LogP contribution is -2.43. The van der Waals surface area contributed by atoms with Crippen LogP contribution in [0.1, 0.15) is 25.3 Å². The van der Waals surface area contributed by atoms with Crippen LogP contribution in [0.4, 0.5) is 0 Å². The first-order chi connectivity index (χ1) is 7.72. The minimum absolute atomic E-state index is 0.0634. The summed E-state index contributed by atoms with van der Waals surface area (Å²) < 4.78 is 0. The summed E-state index contributed by atoms with van der Waals surface area (Å²) >= 11 is 0. The van der Waals surface area contributed by atoms with Gasteiger partial charge in [0, 0.05) is 43.1 Å². The predicted octanol–water partition coefficient (Wildman–Crippen LogP) is 1.07. The van der Waals surface area contributed by atoms with Gasteiger partial charge in [-0.2, -0.15) is 0 Å². The summed E-state index contributed by atoms with van der Waals surface area (Å²) in [5, 5.41) is 9.38. The van der Waals surface area contributed by atoms with Crippen molar-refractivity contribution in [3.05, 3.63) is 24.3 Å². The van der Waals surface area contributed by atoms with Crippen LogP contribution in [0.25, 0.3) is 0 Å². The van der Waals surface area contributed by atoms with Gasteiger partial charge in [-0.1, -0.05) is 6.92 Å². The molecule has 88 valence electrons. The van der Waals surface area contributed by atoms with Crippen molar-refractivity contribution < 1.29 is 5.11 Å². The third kappa shape index (κ3) is 2.77. The highest BCUT2D eigenvalue weighted by Crippen LogP contribution is 2.29. The maximum atomic E-state index is 9.38. The van der Waals surface area contributed by atoms with E-state index in [1.807, 2.05) is 12.4 Å². The summed E-state index contributed by atoms with van der Waals surface area (Å²) in [4.78, 5) is 10.4. The normalized spacial score (nSPS) is 26.9. The van der Waals surface area contributed by atoms with Crippen LogP contribution in [0.2, 0.25) is 0 Å². The van der Waals surface area contributed by atoms with Gasteiger partial charge in [0.1, 0.15) is 6.33 Å². The van der Waals surface area contributed by atoms with Crippen LogP contribution in [0.15, 0.2) is 18.7 Å². The molecule has 0 saturated carbocycles. The van der Waals surface area contributed by atoms with Crippen LogP contribution in [0.3, 0.4) is 0 Å². The van der Waals surface area contributed by atoms with Crippen molar-refractivity contribution in [1.29, 1.82) is 0 Å². The molecule has 1 fully saturated rings. The summed E-state index contributed by atoms with van der Waals surface area (Å²) in [6.45, 7) is 5.37. The zero-order chi connectivity index (χ0) is 11.4. The molecule has 2 rings (SSSR count). The molecule has 1 aromatic heterocycles. The fourth-order valence-corrected chi connectivity index (χ4v) is 2.36. The summed E-state index contributed by atoms with van der Waals surface area (Å²) in [5.41, 5.74) is 1.21. The van der Waals surface area contributed by atoms with E-state index in [1.165, 1.54) is 0 Å². The first kappa shape index (κ1) is 11.5. The number of rotatable bonds is 3. The molecule has 0 amide bonds. The van der Waals surface area contributed by atoms with E-state index in [1.54, 1.807) is 6.33 Å². The maximum absolute atomic E-state index is 9.38. The Morgan fingerprint density at radius 3 is 2.88 bits per heavy atom. The largest absolute Gasteiger partial charge is 0.396 e. The van der Waals surface area contributed by atoms with Crippen molar-refractivity contribution in [2.24, 2.45) is 5.41 Å². The molecule has 1 aromatic rings. The smallest absolute Gasteiger partial charge is 0.115 e. The SMILES string of the molecule is CC1(CO)CCCN(Cc2cncnc2)C1. The molecule has 1 aliphatic rings. The van der Waals surface area contributed by atoms with Gasteiger partial charge in [-0.15, -0.1) is 0 Å². The van der Waals surface area contributed by atoms with E-state index in [9.17, 15) is 5.11 Å². The predicted molar refractivity (Wildman–Crippen MR) is 61.7 cm³/mol. The maximum Gasteiger partial charge on any atom is 0.115 e. The van der Waals surface area contributed by atoms with Crippen molar-refractivity contribution in [2.45, 2.75) is 26.3 Å². The molecule has 0 spiro atoms. The van der Waals surface area contributed by atoms with Gasteiger partial charge in [0.15, 0.2) is 0 Å². The first-order valence-corrected chi connectivity index (χ1v) is 5.79. The topological polar surface area (TPSA) is 49.2 Å². The van der Waals surface area contributed by atoms with Gasteiger partial charge in [0.2, 0.25) is 0 Å². The molecule has 4 heteroatoms. The average molecular weight is 221 g/mol. The Labute approximate surface area is 96.3 Å². The molecule has 0 bridgehead atoms. The van der Waals surface area contributed by atoms with Crippen molar-refractivity contribution in [1.82, 2.24) is 14.9 Å². The Kier molecular flexibility index (Phi) is 3.51. The highest BCUT2D eigenvalue weighted by atomic mass is 16.3. The highest BCUT2D eigenvalue weighted by Gasteiger charge is 2.30. The van der Waals surface area contributed by atoms with Crippen LogP contribution >= 0.6 is 0 Å². The van der Waals surface area contributed by atoms with Crippen LogP contribution < -0.4 is 0 Å². The van der Waals surface area contributed by atoms with Gasteiger partial charge in [-0.05, 0) is 19.4 Å². The molecule has 1 aliphatic heterocycles. The van der Waals surface area contributed by atoms with Gasteiger partial charge in [-0.3, -0.25) is 4.90 Å². The van der Waals surface area contributed by atoms with Crippen molar-refractivity contribution in [3.63, 3.8) is 0 Å². The number of aliphatic hydroxyl groups is 1. The van der Waals surface area contributed by atoms with Crippen molar-refractivity contribution in [2.75, 3.05) is 19.7 Å². The van der Waals surface area contributed by atoms with E-state index < -0.39 is 0 Å². The lowest BCUT2D eigenvalue weighted by molar-refractivity contribution is 0.0428. The minimum Gasteiger partial charge on any atom is -0.396 e. The third-order valence-corrected chi connectivity index (χ3v) is 3.26. The molecule has 1 atom stereocenters. The molecule has 2 heterocycles. The quantitative estimate of drug-likeness (QED) is 0.829. The Bertz CT molecular complexity index is 330. The molecular formula is C12H19N3O. The number of piperidine rings is 1. The van der Waals surface area contributed by atoms with Crippen LogP contribution in [0.5, 0.6) is 0 Å². The zero-order valence-corrected chi connectivity index (χ0v) is 9.76. The van der Waals surface area contributed by atoms with E-state index in [-0.39, 0.29) is 12.0 Å². The van der Waals surface area contributed by atoms with Crippen molar-refractivity contribution in [3.8, 4) is 0 Å². The molecular weight excluding hydrogens is 202 g/mol. The summed E-state index contributed by atoms with van der Waals surface area (Å²) in [5.74, 6) is 0. The number of hydrogen-bond donors (Lipinski definition) is 1. The second kappa shape index (κ2) is 4.89. The van der Waals surface area contributed by atoms with E-state index >= 15 is 0 Å². The summed E-state index contributed by atoms with van der Waals surface area (Å²) in [6.07, 6.45) is 7.55. The van der Waals surface area contributed by atoms with Gasteiger partial charge >= 0.3 is 0 Å². The van der Waals surface area contributed by atoms with Gasteiger partial charge in [0.25, 0.3) is 0 Å². The fourth-order valence-electron chi connectivity index (χ4n) is 2.36. The van der Waals surface area contributed by atoms with Gasteiger partial charge in [-0.25, -0.2) is 9.97 Å². The Balaban J connectivity index is 1.96. The van der Waals surface area contributed by atoms with Crippen LogP contribution in [0, 0.1) is 5.41 Å². The Hall–Kier alpha value is -1.00. The van der Waals surface area contributed by atoms with Crippen LogP contribution in [-0.2, 0) is 6.54 Å². The van der Waals surface area contributed by atoms with Gasteiger partial charge < -0.3 is 5.11 Å². The van der Waals surface area contributed by atoms with Crippen LogP contribution in [-0.4, -0.2) is 39.7 Å². The van der Waals surface area contributed by atoms with Gasteiger partial charge in [0.05, 0.1) is 0 Å². The van der Waals surface area contributed by atoms with E-state index in [4.69, 9.17) is 0 Å². The third-order valence-electron chi connectivity index (χ3n) is 3.26. The highest BCUT2D eigenvalue weighted by molar-refractivity contribution is 5.02. The Morgan fingerprint density at radius 2 is 2.19 bits per heavy atom. The van der Waals surface area contributed by atoms with E-state index in [0.717, 1.165) is 38.0 Å². The number of aromatic nitrogens is 2. The number of likely N-dealkylation sites (tertiary alicyclic amines) is 1. The Morgan fingerprint density at radius 1 is 1.44 bits per heavy atom. The molecule has 4 nitrogen and oxygen atoms in total. The first-order valence-electron chi connectivity index (χ1n) is 5.79. The second-order valence-electron chi connectivity index (χ2n) is 5.03. The number of hydrogen-bond acceptors (Lipinski definition) is 4. The second-order valence-corrected chi connectivity index (χ2v) is 5.03. The molecule has 16 heavy (non-hydrogen) atoms. The monoisotopic (exact) mass is 221 g/mol. The lowest BCUT2D eigenvalue weighted by atomic mass is 9.83. The summed E-state index contributed by atoms with van der Waals surface area (Å²) in [6, 6.07) is 0. The molecule has 1 saturated heterocycles. The molecule has 1 unspecified atom stereocenters. The zero-order valence-electron chi connectivity index (χ0n) is 9.76. The average Bonchev–Trinajstić information content (AvgIpc) is 2.30. The number of nitrogens with zero attached hydrogens (tertiary/aromatic N) is 3. The summed E-state index contributed by atoms with van der Waals surface area (Å²) in [7, 11) is 0. The molecule has 0 radical (unpaired) electrons. The number of aliphatic hydroxyl groups excluding tert-OH is 1. The molecule has 0 aromatic carbocycles. The lowest BCUT2D eigenvalue weighted by Gasteiger charge is -2.39. The molecule has 1 N–H and O–H groups in total. The minimum atomic E-state index is 0.0634. The standard InChI is InChI=1S/C12H19N3O/c1-12(9-16)3-2-4-15(8-12)7-11-5-13-10-14-6-11/h5-6,10,16H,2-4,7-9H2,1H3. The van der Waals surface area contributed by atoms with Crippen molar-refractivity contribution >= 4 is 0 Å².